The predicted octanol–water partition coefficient (Wildman–Crippen LogP) is 1.10. The zero-order valence-corrected chi connectivity index (χ0v) is 15.8. The van der Waals surface area contributed by atoms with Crippen molar-refractivity contribution >= 4 is 31.8 Å². The average Bonchev–Trinajstić information content (AvgIpc) is 2.56. The zero-order chi connectivity index (χ0) is 18.6. The number of halogens is 1. The van der Waals surface area contributed by atoms with E-state index in [4.69, 9.17) is 21.6 Å². The normalized spacial score (nSPS) is 12.1. The zero-order valence-electron chi connectivity index (χ0n) is 13.4. The summed E-state index contributed by atoms with van der Waals surface area (Å²) in [6.45, 7) is 0.241. The summed E-state index contributed by atoms with van der Waals surface area (Å²) in [6, 6.07) is 11.8. The number of hydrogen-bond acceptors (Lipinski definition) is 6. The lowest BCUT2D eigenvalue weighted by atomic mass is 10.1. The van der Waals surface area contributed by atoms with Gasteiger partial charge in [0.05, 0.1) is 24.1 Å². The molecule has 0 aliphatic rings. The van der Waals surface area contributed by atoms with E-state index >= 15 is 0 Å². The standard InChI is InChI=1S/C15H18BrN5O3S/c1-24-11-7-5-10(6-8-11)9-21(18)15(20-17)14-12(16)3-2-4-13(14)25(19,22)23/h2-8H,9,17-18H2,1H3,(H2,19,22,23)/b20-15-. The molecule has 0 unspecified atom stereocenters. The molecule has 0 atom stereocenters. The maximum absolute atomic E-state index is 11.9. The van der Waals surface area contributed by atoms with Crippen LogP contribution in [-0.4, -0.2) is 26.4 Å². The monoisotopic (exact) mass is 427 g/mol. The lowest BCUT2D eigenvalue weighted by Gasteiger charge is -2.22. The van der Waals surface area contributed by atoms with Crippen LogP contribution in [0.3, 0.4) is 0 Å². The van der Waals surface area contributed by atoms with Crippen molar-refractivity contribution < 1.29 is 13.2 Å². The number of primary sulfonamides is 1. The molecule has 0 aliphatic heterocycles. The molecule has 0 saturated heterocycles. The number of nitrogens with zero attached hydrogens (tertiary/aromatic N) is 2. The molecule has 0 spiro atoms. The van der Waals surface area contributed by atoms with E-state index in [1.165, 1.54) is 11.1 Å². The summed E-state index contributed by atoms with van der Waals surface area (Å²) in [4.78, 5) is -0.128. The summed E-state index contributed by atoms with van der Waals surface area (Å²) >= 11 is 3.30. The first-order valence-corrected chi connectivity index (χ1v) is 9.36. The molecular formula is C15H18BrN5O3S. The fourth-order valence-electron chi connectivity index (χ4n) is 2.24. The lowest BCUT2D eigenvalue weighted by Crippen LogP contribution is -2.39. The molecule has 0 radical (unpaired) electrons. The molecule has 0 amide bonds. The van der Waals surface area contributed by atoms with Gasteiger partial charge in [0.25, 0.3) is 0 Å². The molecule has 25 heavy (non-hydrogen) atoms. The van der Waals surface area contributed by atoms with E-state index in [-0.39, 0.29) is 22.8 Å². The Bertz CT molecular complexity index is 885. The number of hydrogen-bond donors (Lipinski definition) is 3. The lowest BCUT2D eigenvalue weighted by molar-refractivity contribution is 0.412. The van der Waals surface area contributed by atoms with E-state index in [2.05, 4.69) is 21.0 Å². The highest BCUT2D eigenvalue weighted by Crippen LogP contribution is 2.25. The average molecular weight is 428 g/mol. The molecule has 0 bridgehead atoms. The summed E-state index contributed by atoms with van der Waals surface area (Å²) in [5.41, 5.74) is 1.05. The molecule has 0 aliphatic carbocycles. The third-order valence-electron chi connectivity index (χ3n) is 3.41. The van der Waals surface area contributed by atoms with Gasteiger partial charge in [0.1, 0.15) is 5.75 Å². The SMILES string of the molecule is COc1ccc(CN(N)/C(=N\N)c2c(Br)cccc2S(N)(=O)=O)cc1. The topological polar surface area (TPSA) is 137 Å². The summed E-state index contributed by atoms with van der Waals surface area (Å²) < 4.78 is 29.3. The fraction of sp³-hybridized carbons (Fsp3) is 0.133. The van der Waals surface area contributed by atoms with Crippen molar-refractivity contribution in [3.8, 4) is 5.75 Å². The van der Waals surface area contributed by atoms with Crippen LogP contribution in [0.5, 0.6) is 5.75 Å². The number of hydrazone groups is 1. The Morgan fingerprint density at radius 3 is 2.40 bits per heavy atom. The molecule has 0 heterocycles. The Kier molecular flexibility index (Phi) is 6.01. The van der Waals surface area contributed by atoms with Gasteiger partial charge in [-0.2, -0.15) is 5.10 Å². The summed E-state index contributed by atoms with van der Waals surface area (Å²) in [5.74, 6) is 12.3. The van der Waals surface area contributed by atoms with Crippen LogP contribution in [0.2, 0.25) is 0 Å². The second kappa shape index (κ2) is 7.83. The minimum atomic E-state index is -3.99. The minimum absolute atomic E-state index is 0.0762. The highest BCUT2D eigenvalue weighted by atomic mass is 79.9. The maximum Gasteiger partial charge on any atom is 0.238 e. The van der Waals surface area contributed by atoms with Gasteiger partial charge in [-0.3, -0.25) is 5.01 Å². The Morgan fingerprint density at radius 1 is 1.24 bits per heavy atom. The van der Waals surface area contributed by atoms with Gasteiger partial charge >= 0.3 is 0 Å². The van der Waals surface area contributed by atoms with Crippen LogP contribution in [0.25, 0.3) is 0 Å². The number of benzene rings is 2. The van der Waals surface area contributed by atoms with Gasteiger partial charge in [0, 0.05) is 4.47 Å². The van der Waals surface area contributed by atoms with Crippen molar-refractivity contribution in [1.29, 1.82) is 0 Å². The number of amidine groups is 1. The van der Waals surface area contributed by atoms with Crippen LogP contribution in [0.4, 0.5) is 0 Å². The molecule has 2 rings (SSSR count). The Balaban J connectivity index is 2.40. The van der Waals surface area contributed by atoms with Crippen molar-refractivity contribution in [1.82, 2.24) is 5.01 Å². The third kappa shape index (κ3) is 4.48. The first kappa shape index (κ1) is 19.2. The smallest absolute Gasteiger partial charge is 0.238 e. The molecule has 2 aromatic rings. The molecule has 6 N–H and O–H groups in total. The van der Waals surface area contributed by atoms with Crippen LogP contribution >= 0.6 is 15.9 Å². The summed E-state index contributed by atoms with van der Waals surface area (Å²) in [7, 11) is -2.42. The van der Waals surface area contributed by atoms with Gasteiger partial charge in [-0.25, -0.2) is 19.4 Å². The Labute approximate surface area is 154 Å². The number of nitrogens with two attached hydrogens (primary N) is 3. The van der Waals surface area contributed by atoms with Crippen molar-refractivity contribution in [2.24, 2.45) is 21.9 Å². The first-order chi connectivity index (χ1) is 11.8. The summed E-state index contributed by atoms with van der Waals surface area (Å²) in [6.07, 6.45) is 0. The van der Waals surface area contributed by atoms with Crippen LogP contribution in [0.15, 0.2) is 56.9 Å². The van der Waals surface area contributed by atoms with Crippen molar-refractivity contribution in [2.75, 3.05) is 7.11 Å². The molecular weight excluding hydrogens is 410 g/mol. The number of ether oxygens (including phenoxy) is 1. The number of methoxy groups -OCH3 is 1. The van der Waals surface area contributed by atoms with Crippen LogP contribution in [0, 0.1) is 0 Å². The quantitative estimate of drug-likeness (QED) is 0.282. The second-order valence-electron chi connectivity index (χ2n) is 5.09. The van der Waals surface area contributed by atoms with Crippen LogP contribution < -0.4 is 21.6 Å². The van der Waals surface area contributed by atoms with Crippen LogP contribution in [-0.2, 0) is 16.6 Å². The van der Waals surface area contributed by atoms with Crippen molar-refractivity contribution in [3.63, 3.8) is 0 Å². The van der Waals surface area contributed by atoms with Gasteiger partial charge in [0.2, 0.25) is 10.0 Å². The molecule has 0 saturated carbocycles. The van der Waals surface area contributed by atoms with Crippen molar-refractivity contribution in [3.05, 3.63) is 58.1 Å². The van der Waals surface area contributed by atoms with Gasteiger partial charge < -0.3 is 10.6 Å². The van der Waals surface area contributed by atoms with Gasteiger partial charge in [0.15, 0.2) is 5.84 Å². The van der Waals surface area contributed by atoms with Gasteiger partial charge in [-0.1, -0.05) is 18.2 Å². The third-order valence-corrected chi connectivity index (χ3v) is 5.03. The Morgan fingerprint density at radius 2 is 1.88 bits per heavy atom. The largest absolute Gasteiger partial charge is 0.497 e. The highest BCUT2D eigenvalue weighted by Gasteiger charge is 2.23. The Hall–Kier alpha value is -2.14. The van der Waals surface area contributed by atoms with E-state index < -0.39 is 10.0 Å². The van der Waals surface area contributed by atoms with E-state index in [9.17, 15) is 8.42 Å². The van der Waals surface area contributed by atoms with Crippen molar-refractivity contribution in [2.45, 2.75) is 11.4 Å². The number of rotatable bonds is 5. The molecule has 134 valence electrons. The van der Waals surface area contributed by atoms with Crippen LogP contribution in [0.1, 0.15) is 11.1 Å². The number of sulfonamides is 1. The molecule has 0 fully saturated rings. The highest BCUT2D eigenvalue weighted by molar-refractivity contribution is 9.10. The minimum Gasteiger partial charge on any atom is -0.497 e. The molecule has 2 aromatic carbocycles. The van der Waals surface area contributed by atoms with E-state index in [0.29, 0.717) is 10.2 Å². The predicted molar refractivity (Wildman–Crippen MR) is 99.0 cm³/mol. The van der Waals surface area contributed by atoms with E-state index in [0.717, 1.165) is 5.56 Å². The number of hydrazine groups is 1. The summed E-state index contributed by atoms with van der Waals surface area (Å²) in [5, 5.41) is 10.2. The fourth-order valence-corrected chi connectivity index (χ4v) is 3.67. The van der Waals surface area contributed by atoms with E-state index in [1.54, 1.807) is 31.4 Å². The molecule has 0 aromatic heterocycles. The van der Waals surface area contributed by atoms with E-state index in [1.807, 2.05) is 12.1 Å². The molecule has 10 heteroatoms. The van der Waals surface area contributed by atoms with Gasteiger partial charge in [-0.05, 0) is 45.8 Å². The second-order valence-corrected chi connectivity index (χ2v) is 7.47. The maximum atomic E-state index is 11.9. The molecule has 8 nitrogen and oxygen atoms in total. The first-order valence-electron chi connectivity index (χ1n) is 7.02. The van der Waals surface area contributed by atoms with Gasteiger partial charge in [-0.15, -0.1) is 0 Å².